The average Bonchev–Trinajstić information content (AvgIpc) is 2.64. The van der Waals surface area contributed by atoms with Crippen molar-refractivity contribution in [2.45, 2.75) is 32.2 Å². The largest absolute Gasteiger partial charge is 0.465 e. The summed E-state index contributed by atoms with van der Waals surface area (Å²) in [4.78, 5) is 14.3. The highest BCUT2D eigenvalue weighted by Gasteiger charge is 2.33. The van der Waals surface area contributed by atoms with Gasteiger partial charge >= 0.3 is 5.97 Å². The molecule has 1 fully saturated rings. The molecule has 1 aliphatic rings. The van der Waals surface area contributed by atoms with E-state index in [0.29, 0.717) is 6.61 Å². The Kier molecular flexibility index (Phi) is 6.60. The molecule has 0 radical (unpaired) electrons. The van der Waals surface area contributed by atoms with Crippen molar-refractivity contribution in [3.8, 4) is 0 Å². The Bertz CT molecular complexity index is 253. The third kappa shape index (κ3) is 4.55. The Morgan fingerprint density at radius 2 is 2.22 bits per heavy atom. The molecular formula is C13H26N2O3. The predicted octanol–water partition coefficient (Wildman–Crippen LogP) is 0.640. The maximum Gasteiger partial charge on any atom is 0.326 e. The summed E-state index contributed by atoms with van der Waals surface area (Å²) in [5.41, 5.74) is -0.594. The molecule has 1 atom stereocenters. The molecule has 0 saturated carbocycles. The van der Waals surface area contributed by atoms with Crippen LogP contribution in [0.5, 0.6) is 0 Å². The van der Waals surface area contributed by atoms with E-state index in [1.165, 1.54) is 0 Å². The molecule has 0 aromatic heterocycles. The van der Waals surface area contributed by atoms with E-state index in [1.807, 2.05) is 20.9 Å². The van der Waals surface area contributed by atoms with E-state index in [1.54, 1.807) is 0 Å². The van der Waals surface area contributed by atoms with Crippen molar-refractivity contribution in [3.05, 3.63) is 0 Å². The Balaban J connectivity index is 2.44. The third-order valence-corrected chi connectivity index (χ3v) is 3.52. The van der Waals surface area contributed by atoms with E-state index in [4.69, 9.17) is 9.47 Å². The number of carbonyl (C=O) groups is 1. The van der Waals surface area contributed by atoms with Crippen LogP contribution < -0.4 is 5.32 Å². The van der Waals surface area contributed by atoms with Gasteiger partial charge in [0.2, 0.25) is 0 Å². The number of hydrogen-bond acceptors (Lipinski definition) is 5. The summed E-state index contributed by atoms with van der Waals surface area (Å²) < 4.78 is 10.5. The second-order valence-electron chi connectivity index (χ2n) is 4.86. The zero-order valence-corrected chi connectivity index (χ0v) is 11.8. The predicted molar refractivity (Wildman–Crippen MR) is 70.6 cm³/mol. The lowest BCUT2D eigenvalue weighted by Gasteiger charge is -2.29. The van der Waals surface area contributed by atoms with Crippen LogP contribution in [0.2, 0.25) is 0 Å². The first kappa shape index (κ1) is 15.4. The molecule has 0 bridgehead atoms. The number of nitrogens with zero attached hydrogens (tertiary/aromatic N) is 1. The number of nitrogens with one attached hydrogen (secondary N) is 1. The van der Waals surface area contributed by atoms with Crippen LogP contribution in [0.4, 0.5) is 0 Å². The SMILES string of the molecule is CCOC(=O)C(C)(CCN1CCCOCC1)NC. The molecular weight excluding hydrogens is 232 g/mol. The van der Waals surface area contributed by atoms with Gasteiger partial charge in [-0.3, -0.25) is 4.79 Å². The lowest BCUT2D eigenvalue weighted by atomic mass is 9.98. The molecule has 0 aromatic carbocycles. The summed E-state index contributed by atoms with van der Waals surface area (Å²) in [7, 11) is 1.81. The average molecular weight is 258 g/mol. The summed E-state index contributed by atoms with van der Waals surface area (Å²) in [6.07, 6.45) is 1.82. The second kappa shape index (κ2) is 7.71. The van der Waals surface area contributed by atoms with E-state index in [0.717, 1.165) is 45.7 Å². The van der Waals surface area contributed by atoms with Crippen LogP contribution in [0.25, 0.3) is 0 Å². The lowest BCUT2D eigenvalue weighted by molar-refractivity contribution is -0.150. The number of carbonyl (C=O) groups excluding carboxylic acids is 1. The lowest BCUT2D eigenvalue weighted by Crippen LogP contribution is -2.50. The Hall–Kier alpha value is -0.650. The van der Waals surface area contributed by atoms with Crippen molar-refractivity contribution < 1.29 is 14.3 Å². The van der Waals surface area contributed by atoms with Gasteiger partial charge in [0.25, 0.3) is 0 Å². The molecule has 0 aromatic rings. The van der Waals surface area contributed by atoms with E-state index in [9.17, 15) is 4.79 Å². The topological polar surface area (TPSA) is 50.8 Å². The molecule has 1 aliphatic heterocycles. The zero-order valence-electron chi connectivity index (χ0n) is 11.8. The van der Waals surface area contributed by atoms with Crippen molar-refractivity contribution >= 4 is 5.97 Å². The minimum Gasteiger partial charge on any atom is -0.465 e. The van der Waals surface area contributed by atoms with Crippen LogP contribution in [-0.2, 0) is 14.3 Å². The highest BCUT2D eigenvalue weighted by Crippen LogP contribution is 2.13. The standard InChI is InChI=1S/C13H26N2O3/c1-4-18-12(16)13(2,14-3)6-8-15-7-5-10-17-11-9-15/h14H,4-11H2,1-3H3. The molecule has 0 spiro atoms. The normalized spacial score (nSPS) is 21.1. The van der Waals surface area contributed by atoms with Gasteiger partial charge in [-0.1, -0.05) is 0 Å². The van der Waals surface area contributed by atoms with Crippen LogP contribution in [0.3, 0.4) is 0 Å². The second-order valence-corrected chi connectivity index (χ2v) is 4.86. The van der Waals surface area contributed by atoms with Crippen molar-refractivity contribution in [1.29, 1.82) is 0 Å². The van der Waals surface area contributed by atoms with Gasteiger partial charge in [-0.25, -0.2) is 0 Å². The fraction of sp³-hybridized carbons (Fsp3) is 0.923. The first-order chi connectivity index (χ1) is 8.62. The minimum absolute atomic E-state index is 0.168. The molecule has 106 valence electrons. The fourth-order valence-corrected chi connectivity index (χ4v) is 2.02. The zero-order chi connectivity index (χ0) is 13.4. The van der Waals surface area contributed by atoms with Crippen molar-refractivity contribution in [3.63, 3.8) is 0 Å². The van der Waals surface area contributed by atoms with Gasteiger partial charge in [0.15, 0.2) is 0 Å². The monoisotopic (exact) mass is 258 g/mol. The van der Waals surface area contributed by atoms with Gasteiger partial charge in [-0.15, -0.1) is 0 Å². The van der Waals surface area contributed by atoms with Crippen molar-refractivity contribution in [1.82, 2.24) is 10.2 Å². The number of likely N-dealkylation sites (N-methyl/N-ethyl adjacent to an activating group) is 1. The molecule has 1 heterocycles. The number of rotatable bonds is 6. The summed E-state index contributed by atoms with van der Waals surface area (Å²) in [5.74, 6) is -0.168. The van der Waals surface area contributed by atoms with Gasteiger partial charge in [0.05, 0.1) is 13.2 Å². The maximum absolute atomic E-state index is 11.9. The molecule has 18 heavy (non-hydrogen) atoms. The van der Waals surface area contributed by atoms with Crippen LogP contribution in [-0.4, -0.2) is 62.9 Å². The molecule has 1 saturated heterocycles. The molecule has 0 amide bonds. The summed E-state index contributed by atoms with van der Waals surface area (Å²) >= 11 is 0. The Morgan fingerprint density at radius 1 is 1.44 bits per heavy atom. The quantitative estimate of drug-likeness (QED) is 0.709. The Morgan fingerprint density at radius 3 is 2.89 bits per heavy atom. The van der Waals surface area contributed by atoms with E-state index < -0.39 is 5.54 Å². The number of hydrogen-bond donors (Lipinski definition) is 1. The third-order valence-electron chi connectivity index (χ3n) is 3.52. The first-order valence-electron chi connectivity index (χ1n) is 6.78. The molecule has 1 rings (SSSR count). The van der Waals surface area contributed by atoms with Crippen molar-refractivity contribution in [2.75, 3.05) is 46.5 Å². The van der Waals surface area contributed by atoms with Crippen LogP contribution in [0.1, 0.15) is 26.7 Å². The number of ether oxygens (including phenoxy) is 2. The molecule has 5 heteroatoms. The van der Waals surface area contributed by atoms with E-state index in [2.05, 4.69) is 10.2 Å². The maximum atomic E-state index is 11.9. The van der Waals surface area contributed by atoms with Crippen LogP contribution in [0, 0.1) is 0 Å². The number of esters is 1. The minimum atomic E-state index is -0.594. The van der Waals surface area contributed by atoms with Gasteiger partial charge in [0, 0.05) is 26.2 Å². The highest BCUT2D eigenvalue weighted by atomic mass is 16.5. The summed E-state index contributed by atoms with van der Waals surface area (Å²) in [6.45, 7) is 8.67. The van der Waals surface area contributed by atoms with E-state index in [-0.39, 0.29) is 5.97 Å². The fourth-order valence-electron chi connectivity index (χ4n) is 2.02. The smallest absolute Gasteiger partial charge is 0.326 e. The molecule has 1 unspecified atom stereocenters. The summed E-state index contributed by atoms with van der Waals surface area (Å²) in [5, 5.41) is 3.09. The van der Waals surface area contributed by atoms with Gasteiger partial charge < -0.3 is 19.7 Å². The summed E-state index contributed by atoms with van der Waals surface area (Å²) in [6, 6.07) is 0. The van der Waals surface area contributed by atoms with Gasteiger partial charge in [0.1, 0.15) is 5.54 Å². The van der Waals surface area contributed by atoms with Crippen molar-refractivity contribution in [2.24, 2.45) is 0 Å². The van der Waals surface area contributed by atoms with Gasteiger partial charge in [-0.2, -0.15) is 0 Å². The Labute approximate surface area is 110 Å². The molecule has 5 nitrogen and oxygen atoms in total. The van der Waals surface area contributed by atoms with Crippen LogP contribution >= 0.6 is 0 Å². The highest BCUT2D eigenvalue weighted by molar-refractivity contribution is 5.80. The first-order valence-corrected chi connectivity index (χ1v) is 6.78. The van der Waals surface area contributed by atoms with Crippen LogP contribution in [0.15, 0.2) is 0 Å². The molecule has 0 aliphatic carbocycles. The van der Waals surface area contributed by atoms with E-state index >= 15 is 0 Å². The van der Waals surface area contributed by atoms with Gasteiger partial charge in [-0.05, 0) is 33.7 Å². The molecule has 1 N–H and O–H groups in total.